The molecule has 4 nitrogen and oxygen atoms in total. The Morgan fingerprint density at radius 2 is 2.27 bits per heavy atom. The molecule has 1 rings (SSSR count). The quantitative estimate of drug-likeness (QED) is 0.746. The first-order valence-corrected chi connectivity index (χ1v) is 5.10. The van der Waals surface area contributed by atoms with Crippen LogP contribution in [0, 0.1) is 6.92 Å². The van der Waals surface area contributed by atoms with E-state index in [9.17, 15) is 5.11 Å². The van der Waals surface area contributed by atoms with Crippen LogP contribution >= 0.6 is 0 Å². The van der Waals surface area contributed by atoms with Crippen molar-refractivity contribution < 1.29 is 14.3 Å². The van der Waals surface area contributed by atoms with Crippen LogP contribution in [-0.2, 0) is 4.74 Å². The van der Waals surface area contributed by atoms with E-state index in [1.807, 2.05) is 26.0 Å². The fourth-order valence-electron chi connectivity index (χ4n) is 1.35. The minimum atomic E-state index is -0.478. The molecule has 0 aliphatic rings. The molecule has 0 aromatic carbocycles. The first kappa shape index (κ1) is 12.2. The van der Waals surface area contributed by atoms with Crippen molar-refractivity contribution >= 4 is 0 Å². The van der Waals surface area contributed by atoms with Gasteiger partial charge in [-0.1, -0.05) is 0 Å². The summed E-state index contributed by atoms with van der Waals surface area (Å²) < 4.78 is 10.3. The van der Waals surface area contributed by atoms with Gasteiger partial charge in [-0.2, -0.15) is 0 Å². The SMILES string of the molecule is COCC(O)CNC(C)c1ccc(C)o1. The Morgan fingerprint density at radius 1 is 1.53 bits per heavy atom. The lowest BCUT2D eigenvalue weighted by atomic mass is 10.2. The Morgan fingerprint density at radius 3 is 2.80 bits per heavy atom. The third-order valence-corrected chi connectivity index (χ3v) is 2.21. The van der Waals surface area contributed by atoms with Gasteiger partial charge in [0.15, 0.2) is 0 Å². The number of aryl methyl sites for hydroxylation is 1. The van der Waals surface area contributed by atoms with E-state index >= 15 is 0 Å². The van der Waals surface area contributed by atoms with E-state index in [0.29, 0.717) is 13.2 Å². The molecule has 0 amide bonds. The Bertz CT molecular complexity index is 285. The monoisotopic (exact) mass is 213 g/mol. The maximum atomic E-state index is 9.43. The molecule has 0 fully saturated rings. The molecule has 0 aliphatic carbocycles. The molecule has 1 aromatic rings. The highest BCUT2D eigenvalue weighted by Crippen LogP contribution is 2.15. The van der Waals surface area contributed by atoms with E-state index < -0.39 is 6.10 Å². The summed E-state index contributed by atoms with van der Waals surface area (Å²) in [7, 11) is 1.57. The minimum absolute atomic E-state index is 0.102. The summed E-state index contributed by atoms with van der Waals surface area (Å²) in [5.74, 6) is 1.79. The van der Waals surface area contributed by atoms with Gasteiger partial charge in [0.25, 0.3) is 0 Å². The number of ether oxygens (including phenoxy) is 1. The molecule has 2 unspecified atom stereocenters. The maximum absolute atomic E-state index is 9.43. The van der Waals surface area contributed by atoms with Gasteiger partial charge in [0.2, 0.25) is 0 Å². The second-order valence-corrected chi connectivity index (χ2v) is 3.69. The van der Waals surface area contributed by atoms with Crippen LogP contribution < -0.4 is 5.32 Å². The van der Waals surface area contributed by atoms with Crippen LogP contribution in [0.1, 0.15) is 24.5 Å². The minimum Gasteiger partial charge on any atom is -0.465 e. The summed E-state index contributed by atoms with van der Waals surface area (Å²) >= 11 is 0. The first-order valence-electron chi connectivity index (χ1n) is 5.10. The van der Waals surface area contributed by atoms with Crippen molar-refractivity contribution in [3.63, 3.8) is 0 Å². The smallest absolute Gasteiger partial charge is 0.120 e. The van der Waals surface area contributed by atoms with E-state index in [2.05, 4.69) is 5.32 Å². The highest BCUT2D eigenvalue weighted by molar-refractivity contribution is 5.08. The standard InChI is InChI=1S/C11H19NO3/c1-8-4-5-11(15-8)9(2)12-6-10(13)7-14-3/h4-5,9-10,12-13H,6-7H2,1-3H3. The Labute approximate surface area is 90.2 Å². The van der Waals surface area contributed by atoms with Crippen molar-refractivity contribution in [2.75, 3.05) is 20.3 Å². The summed E-state index contributed by atoms with van der Waals surface area (Å²) in [5, 5.41) is 12.6. The Kier molecular flexibility index (Phi) is 4.81. The van der Waals surface area contributed by atoms with Crippen molar-refractivity contribution in [3.8, 4) is 0 Å². The molecule has 0 saturated heterocycles. The van der Waals surface area contributed by atoms with Crippen LogP contribution in [0.2, 0.25) is 0 Å². The van der Waals surface area contributed by atoms with Crippen molar-refractivity contribution in [2.24, 2.45) is 0 Å². The summed E-state index contributed by atoms with van der Waals surface area (Å²) in [6.07, 6.45) is -0.478. The zero-order chi connectivity index (χ0) is 11.3. The van der Waals surface area contributed by atoms with Crippen LogP contribution in [0.5, 0.6) is 0 Å². The number of rotatable bonds is 6. The van der Waals surface area contributed by atoms with Gasteiger partial charge in [0, 0.05) is 13.7 Å². The third-order valence-electron chi connectivity index (χ3n) is 2.21. The number of hydrogen-bond acceptors (Lipinski definition) is 4. The highest BCUT2D eigenvalue weighted by Gasteiger charge is 2.11. The molecule has 0 radical (unpaired) electrons. The van der Waals surface area contributed by atoms with E-state index in [4.69, 9.17) is 9.15 Å². The Hall–Kier alpha value is -0.840. The molecule has 1 aromatic heterocycles. The average molecular weight is 213 g/mol. The van der Waals surface area contributed by atoms with Gasteiger partial charge in [0.05, 0.1) is 18.8 Å². The molecule has 0 aliphatic heterocycles. The van der Waals surface area contributed by atoms with E-state index in [-0.39, 0.29) is 6.04 Å². The number of aliphatic hydroxyl groups excluding tert-OH is 1. The molecule has 0 spiro atoms. The summed E-state index contributed by atoms with van der Waals surface area (Å²) in [6.45, 7) is 4.75. The molecule has 4 heteroatoms. The van der Waals surface area contributed by atoms with E-state index in [1.165, 1.54) is 0 Å². The van der Waals surface area contributed by atoms with Gasteiger partial charge in [-0.3, -0.25) is 0 Å². The van der Waals surface area contributed by atoms with Crippen molar-refractivity contribution in [3.05, 3.63) is 23.7 Å². The second-order valence-electron chi connectivity index (χ2n) is 3.69. The lowest BCUT2D eigenvalue weighted by Gasteiger charge is -2.14. The predicted molar refractivity (Wildman–Crippen MR) is 57.7 cm³/mol. The number of furan rings is 1. The lowest BCUT2D eigenvalue weighted by molar-refractivity contribution is 0.0626. The number of nitrogens with one attached hydrogen (secondary N) is 1. The largest absolute Gasteiger partial charge is 0.465 e. The van der Waals surface area contributed by atoms with Gasteiger partial charge in [0.1, 0.15) is 11.5 Å². The molecule has 86 valence electrons. The molecule has 2 N–H and O–H groups in total. The van der Waals surface area contributed by atoms with Gasteiger partial charge < -0.3 is 19.6 Å². The molecule has 15 heavy (non-hydrogen) atoms. The van der Waals surface area contributed by atoms with Gasteiger partial charge in [-0.25, -0.2) is 0 Å². The Balaban J connectivity index is 2.33. The number of hydrogen-bond donors (Lipinski definition) is 2. The van der Waals surface area contributed by atoms with Crippen molar-refractivity contribution in [1.82, 2.24) is 5.32 Å². The van der Waals surface area contributed by atoms with Gasteiger partial charge in [-0.05, 0) is 26.0 Å². The first-order chi connectivity index (χ1) is 7.13. The zero-order valence-electron chi connectivity index (χ0n) is 9.49. The molecular weight excluding hydrogens is 194 g/mol. The van der Waals surface area contributed by atoms with E-state index in [1.54, 1.807) is 7.11 Å². The molecular formula is C11H19NO3. The second kappa shape index (κ2) is 5.90. The molecule has 1 heterocycles. The maximum Gasteiger partial charge on any atom is 0.120 e. The number of methoxy groups -OCH3 is 1. The fraction of sp³-hybridized carbons (Fsp3) is 0.636. The van der Waals surface area contributed by atoms with Crippen LogP contribution in [0.25, 0.3) is 0 Å². The van der Waals surface area contributed by atoms with Gasteiger partial charge >= 0.3 is 0 Å². The summed E-state index contributed by atoms with van der Waals surface area (Å²) in [6, 6.07) is 3.97. The molecule has 0 saturated carbocycles. The highest BCUT2D eigenvalue weighted by atomic mass is 16.5. The molecule has 2 atom stereocenters. The number of aliphatic hydroxyl groups is 1. The average Bonchev–Trinajstić information content (AvgIpc) is 2.62. The summed E-state index contributed by atoms with van der Waals surface area (Å²) in [4.78, 5) is 0. The fourth-order valence-corrected chi connectivity index (χ4v) is 1.35. The zero-order valence-corrected chi connectivity index (χ0v) is 9.49. The third kappa shape index (κ3) is 4.03. The van der Waals surface area contributed by atoms with Crippen LogP contribution in [0.15, 0.2) is 16.5 Å². The van der Waals surface area contributed by atoms with Crippen molar-refractivity contribution in [1.29, 1.82) is 0 Å². The van der Waals surface area contributed by atoms with Crippen molar-refractivity contribution in [2.45, 2.75) is 26.0 Å². The topological polar surface area (TPSA) is 54.6 Å². The molecule has 0 bridgehead atoms. The van der Waals surface area contributed by atoms with Gasteiger partial charge in [-0.15, -0.1) is 0 Å². The summed E-state index contributed by atoms with van der Waals surface area (Å²) in [5.41, 5.74) is 0. The predicted octanol–water partition coefficient (Wildman–Crippen LogP) is 1.25. The van der Waals surface area contributed by atoms with E-state index in [0.717, 1.165) is 11.5 Å². The lowest BCUT2D eigenvalue weighted by Crippen LogP contribution is -2.31. The van der Waals surface area contributed by atoms with Crippen LogP contribution in [0.3, 0.4) is 0 Å². The van der Waals surface area contributed by atoms with Crippen LogP contribution in [-0.4, -0.2) is 31.5 Å². The normalized spacial score (nSPS) is 15.2. The van der Waals surface area contributed by atoms with Crippen LogP contribution in [0.4, 0.5) is 0 Å².